The van der Waals surface area contributed by atoms with E-state index in [1.807, 2.05) is 30.3 Å². The van der Waals surface area contributed by atoms with Crippen LogP contribution in [0.15, 0.2) is 43.0 Å². The van der Waals surface area contributed by atoms with E-state index in [0.29, 0.717) is 19.3 Å². The maximum Gasteiger partial charge on any atom is 0.306 e. The van der Waals surface area contributed by atoms with Gasteiger partial charge in [0.2, 0.25) is 0 Å². The van der Waals surface area contributed by atoms with E-state index in [9.17, 15) is 15.0 Å². The summed E-state index contributed by atoms with van der Waals surface area (Å²) in [5.41, 5.74) is -0.0617. The van der Waals surface area contributed by atoms with Gasteiger partial charge < -0.3 is 14.9 Å². The Kier molecular flexibility index (Phi) is 4.06. The molecule has 1 aromatic rings. The molecular weight excluding hydrogens is 280 g/mol. The highest BCUT2D eigenvalue weighted by molar-refractivity contribution is 5.72. The van der Waals surface area contributed by atoms with Crippen LogP contribution in [0, 0.1) is 11.8 Å². The molecule has 2 fully saturated rings. The fourth-order valence-electron chi connectivity index (χ4n) is 3.98. The first-order valence-electron chi connectivity index (χ1n) is 7.81. The quantitative estimate of drug-likeness (QED) is 0.643. The molecule has 5 atom stereocenters. The van der Waals surface area contributed by atoms with Crippen molar-refractivity contribution in [2.75, 3.05) is 0 Å². The van der Waals surface area contributed by atoms with Gasteiger partial charge in [0.05, 0.1) is 18.1 Å². The molecule has 4 nitrogen and oxygen atoms in total. The van der Waals surface area contributed by atoms with E-state index < -0.39 is 17.6 Å². The lowest BCUT2D eigenvalue weighted by molar-refractivity contribution is -0.142. The highest BCUT2D eigenvalue weighted by Gasteiger charge is 2.56. The molecule has 0 aromatic heterocycles. The Balaban J connectivity index is 1.76. The van der Waals surface area contributed by atoms with Gasteiger partial charge in [0.1, 0.15) is 6.10 Å². The Morgan fingerprint density at radius 1 is 1.36 bits per heavy atom. The monoisotopic (exact) mass is 302 g/mol. The molecule has 1 aliphatic heterocycles. The molecule has 0 radical (unpaired) electrons. The predicted octanol–water partition coefficient (Wildman–Crippen LogP) is 1.85. The molecule has 0 unspecified atom stereocenters. The number of aliphatic hydroxyl groups excluding tert-OH is 1. The van der Waals surface area contributed by atoms with Crippen molar-refractivity contribution in [2.45, 2.75) is 43.5 Å². The van der Waals surface area contributed by atoms with Crippen LogP contribution in [0.5, 0.6) is 0 Å². The summed E-state index contributed by atoms with van der Waals surface area (Å²) >= 11 is 0. The highest BCUT2D eigenvalue weighted by atomic mass is 16.6. The van der Waals surface area contributed by atoms with Crippen molar-refractivity contribution in [1.82, 2.24) is 0 Å². The molecule has 2 N–H and O–H groups in total. The van der Waals surface area contributed by atoms with Crippen LogP contribution in [-0.4, -0.2) is 34.0 Å². The van der Waals surface area contributed by atoms with E-state index in [0.717, 1.165) is 5.56 Å². The summed E-state index contributed by atoms with van der Waals surface area (Å²) in [4.78, 5) is 11.5. The average Bonchev–Trinajstić information content (AvgIpc) is 3.00. The van der Waals surface area contributed by atoms with Crippen LogP contribution in [-0.2, 0) is 16.0 Å². The van der Waals surface area contributed by atoms with Gasteiger partial charge in [-0.1, -0.05) is 36.4 Å². The van der Waals surface area contributed by atoms with Crippen LogP contribution in [0.25, 0.3) is 0 Å². The third-order valence-electron chi connectivity index (χ3n) is 5.10. The van der Waals surface area contributed by atoms with Crippen LogP contribution in [0.1, 0.15) is 24.8 Å². The summed E-state index contributed by atoms with van der Waals surface area (Å²) in [5.74, 6) is -0.757. The van der Waals surface area contributed by atoms with E-state index in [1.54, 1.807) is 0 Å². The Hall–Kier alpha value is -1.65. The summed E-state index contributed by atoms with van der Waals surface area (Å²) in [7, 11) is 0. The van der Waals surface area contributed by atoms with Gasteiger partial charge in [0.25, 0.3) is 0 Å². The van der Waals surface area contributed by atoms with Crippen LogP contribution in [0.2, 0.25) is 0 Å². The van der Waals surface area contributed by atoms with E-state index in [2.05, 4.69) is 6.58 Å². The lowest BCUT2D eigenvalue weighted by atomic mass is 9.75. The molecule has 1 saturated carbocycles. The number of carbonyl (C=O) groups excluding carboxylic acids is 1. The standard InChI is InChI=1S/C18H22O4/c1-2-18(21,9-8-12-6-4-3-5-7-12)17-13-10-16(20)22-15(13)11-14(17)19/h2-7,13-15,17,19,21H,1,8-11H2/t13-,14+,15-,17+,18-/m0/s1. The van der Waals surface area contributed by atoms with E-state index >= 15 is 0 Å². The van der Waals surface area contributed by atoms with Crippen molar-refractivity contribution < 1.29 is 19.7 Å². The Labute approximate surface area is 130 Å². The zero-order valence-corrected chi connectivity index (χ0v) is 12.5. The lowest BCUT2D eigenvalue weighted by Crippen LogP contribution is -2.44. The second-order valence-electron chi connectivity index (χ2n) is 6.41. The summed E-state index contributed by atoms with van der Waals surface area (Å²) in [6.07, 6.45) is 2.43. The minimum Gasteiger partial charge on any atom is -0.462 e. The van der Waals surface area contributed by atoms with Crippen molar-refractivity contribution >= 4 is 5.97 Å². The SMILES string of the molecule is C=C[C@](O)(CCc1ccccc1)[C@@H]1[C@H]2CC(=O)O[C@H]2C[C@H]1O. The molecule has 0 amide bonds. The number of aliphatic hydroxyl groups is 2. The first-order chi connectivity index (χ1) is 10.5. The van der Waals surface area contributed by atoms with Crippen molar-refractivity contribution in [3.63, 3.8) is 0 Å². The predicted molar refractivity (Wildman–Crippen MR) is 82.0 cm³/mol. The van der Waals surface area contributed by atoms with Crippen LogP contribution >= 0.6 is 0 Å². The fraction of sp³-hybridized carbons (Fsp3) is 0.500. The molecule has 1 saturated heterocycles. The van der Waals surface area contributed by atoms with Gasteiger partial charge in [-0.15, -0.1) is 6.58 Å². The fourth-order valence-corrected chi connectivity index (χ4v) is 3.98. The van der Waals surface area contributed by atoms with Crippen LogP contribution in [0.3, 0.4) is 0 Å². The second kappa shape index (κ2) is 5.86. The summed E-state index contributed by atoms with van der Waals surface area (Å²) in [5, 5.41) is 21.4. The number of benzene rings is 1. The van der Waals surface area contributed by atoms with Gasteiger partial charge in [-0.25, -0.2) is 0 Å². The van der Waals surface area contributed by atoms with Crippen molar-refractivity contribution in [3.8, 4) is 0 Å². The first-order valence-corrected chi connectivity index (χ1v) is 7.81. The molecule has 118 valence electrons. The molecule has 1 heterocycles. The third kappa shape index (κ3) is 2.69. The van der Waals surface area contributed by atoms with Gasteiger partial charge in [-0.05, 0) is 18.4 Å². The van der Waals surface area contributed by atoms with Gasteiger partial charge in [0.15, 0.2) is 0 Å². The number of carbonyl (C=O) groups is 1. The number of ether oxygens (including phenoxy) is 1. The zero-order chi connectivity index (χ0) is 15.7. The van der Waals surface area contributed by atoms with Gasteiger partial charge in [0, 0.05) is 18.3 Å². The summed E-state index contributed by atoms with van der Waals surface area (Å²) in [6.45, 7) is 3.77. The first kappa shape index (κ1) is 15.3. The smallest absolute Gasteiger partial charge is 0.306 e. The average molecular weight is 302 g/mol. The number of hydrogen-bond donors (Lipinski definition) is 2. The molecule has 2 aliphatic rings. The topological polar surface area (TPSA) is 66.8 Å². The van der Waals surface area contributed by atoms with Gasteiger partial charge in [-0.2, -0.15) is 0 Å². The molecular formula is C18H22O4. The van der Waals surface area contributed by atoms with Gasteiger partial charge >= 0.3 is 5.97 Å². The Bertz CT molecular complexity index is 555. The number of aryl methyl sites for hydroxylation is 1. The summed E-state index contributed by atoms with van der Waals surface area (Å²) in [6, 6.07) is 9.91. The van der Waals surface area contributed by atoms with Crippen molar-refractivity contribution in [2.24, 2.45) is 11.8 Å². The van der Waals surface area contributed by atoms with Crippen LogP contribution < -0.4 is 0 Å². The van der Waals surface area contributed by atoms with Crippen molar-refractivity contribution in [1.29, 1.82) is 0 Å². The third-order valence-corrected chi connectivity index (χ3v) is 5.10. The number of fused-ring (bicyclic) bond motifs is 1. The van der Waals surface area contributed by atoms with E-state index in [-0.39, 0.29) is 24.4 Å². The second-order valence-corrected chi connectivity index (χ2v) is 6.41. The maximum atomic E-state index is 11.5. The molecule has 1 aliphatic carbocycles. The lowest BCUT2D eigenvalue weighted by Gasteiger charge is -2.36. The van der Waals surface area contributed by atoms with E-state index in [4.69, 9.17) is 4.74 Å². The zero-order valence-electron chi connectivity index (χ0n) is 12.5. The van der Waals surface area contributed by atoms with Gasteiger partial charge in [-0.3, -0.25) is 4.79 Å². The summed E-state index contributed by atoms with van der Waals surface area (Å²) < 4.78 is 5.24. The normalized spacial score (nSPS) is 33.1. The largest absolute Gasteiger partial charge is 0.462 e. The number of hydrogen-bond acceptors (Lipinski definition) is 4. The van der Waals surface area contributed by atoms with E-state index in [1.165, 1.54) is 6.08 Å². The number of rotatable bonds is 5. The Morgan fingerprint density at radius 2 is 2.09 bits per heavy atom. The molecule has 0 bridgehead atoms. The minimum absolute atomic E-state index is 0.124. The number of esters is 1. The Morgan fingerprint density at radius 3 is 2.77 bits per heavy atom. The molecule has 22 heavy (non-hydrogen) atoms. The molecule has 4 heteroatoms. The molecule has 3 rings (SSSR count). The molecule has 1 aromatic carbocycles. The highest BCUT2D eigenvalue weighted by Crippen LogP contribution is 2.47. The van der Waals surface area contributed by atoms with Crippen molar-refractivity contribution in [3.05, 3.63) is 48.6 Å². The maximum absolute atomic E-state index is 11.5. The van der Waals surface area contributed by atoms with Crippen LogP contribution in [0.4, 0.5) is 0 Å². The minimum atomic E-state index is -1.19. The molecule has 0 spiro atoms.